The highest BCUT2D eigenvalue weighted by atomic mass is 16.7. The third-order valence-electron chi connectivity index (χ3n) is 3.50. The van der Waals surface area contributed by atoms with Gasteiger partial charge in [0.25, 0.3) is 0 Å². The molecule has 1 aliphatic rings. The summed E-state index contributed by atoms with van der Waals surface area (Å²) >= 11 is 0. The van der Waals surface area contributed by atoms with Crippen LogP contribution in [-0.2, 0) is 28.6 Å². The van der Waals surface area contributed by atoms with Crippen LogP contribution in [0.5, 0.6) is 0 Å². The van der Waals surface area contributed by atoms with Crippen molar-refractivity contribution >= 4 is 23.8 Å². The molecule has 1 aliphatic carbocycles. The number of nitrogens with zero attached hydrogens (tertiary/aromatic N) is 1. The highest BCUT2D eigenvalue weighted by Gasteiger charge is 2.31. The molecule has 23 heavy (non-hydrogen) atoms. The number of hydrogen-bond donors (Lipinski definition) is 0. The van der Waals surface area contributed by atoms with Crippen LogP contribution in [0.4, 0.5) is 4.79 Å². The van der Waals surface area contributed by atoms with Crippen LogP contribution in [0, 0.1) is 0 Å². The van der Waals surface area contributed by atoms with Gasteiger partial charge in [0, 0.05) is 27.3 Å². The van der Waals surface area contributed by atoms with Gasteiger partial charge >= 0.3 is 18.0 Å². The number of carbonyl (C=O) groups excluding carboxylic acids is 4. The highest BCUT2D eigenvalue weighted by Crippen LogP contribution is 2.19. The molecule has 0 aromatic carbocycles. The van der Waals surface area contributed by atoms with Crippen LogP contribution in [0.25, 0.3) is 0 Å². The first kappa shape index (κ1) is 18.9. The maximum Gasteiger partial charge on any atom is 0.413 e. The van der Waals surface area contributed by atoms with Gasteiger partial charge < -0.3 is 19.1 Å². The summed E-state index contributed by atoms with van der Waals surface area (Å²) in [4.78, 5) is 47.4. The van der Waals surface area contributed by atoms with Gasteiger partial charge in [-0.3, -0.25) is 9.59 Å². The van der Waals surface area contributed by atoms with Gasteiger partial charge in [-0.15, -0.1) is 0 Å². The Morgan fingerprint density at radius 2 is 1.78 bits per heavy atom. The molecule has 0 heterocycles. The number of amides is 1. The van der Waals surface area contributed by atoms with E-state index in [0.29, 0.717) is 12.8 Å². The van der Waals surface area contributed by atoms with Gasteiger partial charge in [-0.25, -0.2) is 9.59 Å². The molecule has 1 fully saturated rings. The van der Waals surface area contributed by atoms with E-state index in [1.165, 1.54) is 32.7 Å². The lowest BCUT2D eigenvalue weighted by molar-refractivity contribution is -0.182. The number of Topliss-reactive ketones (excluding diaryl/α,β-unsaturated/α-hetero) is 1. The molecular formula is C15H23NO7. The molecule has 0 radical (unpaired) electrons. The van der Waals surface area contributed by atoms with Gasteiger partial charge in [0.2, 0.25) is 6.29 Å². The Morgan fingerprint density at radius 3 is 2.35 bits per heavy atom. The first-order valence-electron chi connectivity index (χ1n) is 7.56. The summed E-state index contributed by atoms with van der Waals surface area (Å²) in [6.07, 6.45) is -0.237. The number of ketones is 1. The Hall–Kier alpha value is -2.12. The van der Waals surface area contributed by atoms with Crippen LogP contribution in [0.1, 0.15) is 46.5 Å². The average molecular weight is 329 g/mol. The number of hydrogen-bond acceptors (Lipinski definition) is 7. The molecule has 1 amide bonds. The summed E-state index contributed by atoms with van der Waals surface area (Å²) in [6.45, 7) is 3.89. The van der Waals surface area contributed by atoms with Crippen LogP contribution in [0.2, 0.25) is 0 Å². The van der Waals surface area contributed by atoms with Gasteiger partial charge in [-0.2, -0.15) is 0 Å². The SMILES string of the molecule is CC(=O)O[C@H](C)C(=O)OC(C)OC(=O)N(C)[C@@H]1CCCCC1=O. The topological polar surface area (TPSA) is 99.2 Å². The molecule has 0 saturated heterocycles. The quantitative estimate of drug-likeness (QED) is 0.555. The second-order valence-electron chi connectivity index (χ2n) is 5.48. The fraction of sp³-hybridized carbons (Fsp3) is 0.733. The minimum Gasteiger partial charge on any atom is -0.451 e. The van der Waals surface area contributed by atoms with E-state index in [-0.39, 0.29) is 5.78 Å². The van der Waals surface area contributed by atoms with Crippen molar-refractivity contribution in [2.45, 2.75) is 64.9 Å². The fourth-order valence-electron chi connectivity index (χ4n) is 2.31. The summed E-state index contributed by atoms with van der Waals surface area (Å²) in [6, 6.07) is -0.501. The van der Waals surface area contributed by atoms with E-state index in [9.17, 15) is 19.2 Å². The monoisotopic (exact) mass is 329 g/mol. The van der Waals surface area contributed by atoms with Gasteiger partial charge in [0.05, 0.1) is 6.04 Å². The van der Waals surface area contributed by atoms with E-state index in [0.717, 1.165) is 12.8 Å². The Morgan fingerprint density at radius 1 is 1.13 bits per heavy atom. The molecule has 3 atom stereocenters. The maximum absolute atomic E-state index is 12.0. The third-order valence-corrected chi connectivity index (χ3v) is 3.50. The largest absolute Gasteiger partial charge is 0.451 e. The summed E-state index contributed by atoms with van der Waals surface area (Å²) in [5.41, 5.74) is 0. The lowest BCUT2D eigenvalue weighted by Crippen LogP contribution is -2.45. The van der Waals surface area contributed by atoms with E-state index < -0.39 is 36.5 Å². The summed E-state index contributed by atoms with van der Waals surface area (Å²) in [5, 5.41) is 0. The van der Waals surface area contributed by atoms with Crippen LogP contribution in [0.3, 0.4) is 0 Å². The van der Waals surface area contributed by atoms with E-state index in [1.807, 2.05) is 0 Å². The van der Waals surface area contributed by atoms with Gasteiger partial charge in [-0.05, 0) is 19.8 Å². The Balaban J connectivity index is 2.47. The molecular weight excluding hydrogens is 306 g/mol. The summed E-state index contributed by atoms with van der Waals surface area (Å²) in [7, 11) is 1.48. The molecule has 0 aromatic heterocycles. The van der Waals surface area contributed by atoms with E-state index >= 15 is 0 Å². The number of carbonyl (C=O) groups is 4. The number of esters is 2. The van der Waals surface area contributed by atoms with Gasteiger partial charge in [-0.1, -0.05) is 6.42 Å². The van der Waals surface area contributed by atoms with Crippen molar-refractivity contribution in [2.24, 2.45) is 0 Å². The van der Waals surface area contributed by atoms with Crippen molar-refractivity contribution in [2.75, 3.05) is 7.05 Å². The molecule has 0 aliphatic heterocycles. The molecule has 0 bridgehead atoms. The number of rotatable bonds is 5. The first-order valence-corrected chi connectivity index (χ1v) is 7.56. The van der Waals surface area contributed by atoms with Crippen molar-refractivity contribution < 1.29 is 33.4 Å². The Bertz CT molecular complexity index is 476. The minimum absolute atomic E-state index is 0.00354. The van der Waals surface area contributed by atoms with Crippen molar-refractivity contribution in [1.82, 2.24) is 4.90 Å². The molecule has 0 spiro atoms. The van der Waals surface area contributed by atoms with Crippen molar-refractivity contribution in [3.8, 4) is 0 Å². The lowest BCUT2D eigenvalue weighted by atomic mass is 9.93. The lowest BCUT2D eigenvalue weighted by Gasteiger charge is -2.30. The number of likely N-dealkylation sites (N-methyl/N-ethyl adjacent to an activating group) is 1. The van der Waals surface area contributed by atoms with Crippen LogP contribution in [-0.4, -0.2) is 54.2 Å². The predicted octanol–water partition coefficient (Wildman–Crippen LogP) is 1.41. The molecule has 1 rings (SSSR count). The zero-order chi connectivity index (χ0) is 17.6. The molecule has 0 N–H and O–H groups in total. The smallest absolute Gasteiger partial charge is 0.413 e. The molecule has 0 aromatic rings. The number of ether oxygens (including phenoxy) is 3. The van der Waals surface area contributed by atoms with Crippen molar-refractivity contribution in [1.29, 1.82) is 0 Å². The van der Waals surface area contributed by atoms with Crippen molar-refractivity contribution in [3.05, 3.63) is 0 Å². The predicted molar refractivity (Wildman–Crippen MR) is 78.3 cm³/mol. The fourth-order valence-corrected chi connectivity index (χ4v) is 2.31. The molecule has 8 heteroatoms. The van der Waals surface area contributed by atoms with Gasteiger partial charge in [0.1, 0.15) is 0 Å². The van der Waals surface area contributed by atoms with E-state index in [4.69, 9.17) is 9.47 Å². The Kier molecular flexibility index (Phi) is 6.99. The highest BCUT2D eigenvalue weighted by molar-refractivity contribution is 5.87. The molecule has 1 unspecified atom stereocenters. The Labute approximate surface area is 135 Å². The van der Waals surface area contributed by atoms with Crippen molar-refractivity contribution in [3.63, 3.8) is 0 Å². The maximum atomic E-state index is 12.0. The summed E-state index contributed by atoms with van der Waals surface area (Å²) < 4.78 is 14.5. The zero-order valence-corrected chi connectivity index (χ0v) is 13.9. The molecule has 1 saturated carbocycles. The van der Waals surface area contributed by atoms with E-state index in [2.05, 4.69) is 4.74 Å². The third kappa shape index (κ3) is 5.88. The first-order chi connectivity index (χ1) is 10.7. The summed E-state index contributed by atoms with van der Waals surface area (Å²) in [5.74, 6) is -1.43. The average Bonchev–Trinajstić information content (AvgIpc) is 2.46. The zero-order valence-electron chi connectivity index (χ0n) is 13.9. The molecule has 8 nitrogen and oxygen atoms in total. The standard InChI is InChI=1S/C15H23NO7/c1-9(21-10(2)17)14(19)22-11(3)23-15(20)16(4)12-7-5-6-8-13(12)18/h9,11-12H,5-8H2,1-4H3/t9-,11?,12-/m1/s1. The molecule has 130 valence electrons. The van der Waals surface area contributed by atoms with Crippen LogP contribution >= 0.6 is 0 Å². The second kappa shape index (κ2) is 8.50. The normalized spacial score (nSPS) is 20.2. The minimum atomic E-state index is -1.16. The van der Waals surface area contributed by atoms with E-state index in [1.54, 1.807) is 0 Å². The van der Waals surface area contributed by atoms with Gasteiger partial charge in [0.15, 0.2) is 11.9 Å². The second-order valence-corrected chi connectivity index (χ2v) is 5.48. The van der Waals surface area contributed by atoms with Crippen LogP contribution in [0.15, 0.2) is 0 Å². The van der Waals surface area contributed by atoms with Crippen LogP contribution < -0.4 is 0 Å².